The first-order chi connectivity index (χ1) is 7.17. The van der Waals surface area contributed by atoms with Gasteiger partial charge in [-0.25, -0.2) is 0 Å². The molecule has 0 spiro atoms. The van der Waals surface area contributed by atoms with Crippen LogP contribution in [-0.4, -0.2) is 28.2 Å². The van der Waals surface area contributed by atoms with E-state index in [-0.39, 0.29) is 5.78 Å². The van der Waals surface area contributed by atoms with Crippen molar-refractivity contribution < 1.29 is 15.0 Å². The predicted octanol–water partition coefficient (Wildman–Crippen LogP) is 0.632. The van der Waals surface area contributed by atoms with E-state index in [1.807, 2.05) is 6.07 Å². The van der Waals surface area contributed by atoms with Gasteiger partial charge in [0.25, 0.3) is 0 Å². The third kappa shape index (κ3) is 1.60. The molecule has 0 amide bonds. The van der Waals surface area contributed by atoms with Crippen molar-refractivity contribution in [1.82, 2.24) is 0 Å². The van der Waals surface area contributed by atoms with Crippen LogP contribution < -0.4 is 0 Å². The molecule has 0 bridgehead atoms. The van der Waals surface area contributed by atoms with E-state index in [9.17, 15) is 9.90 Å². The molecule has 1 aromatic rings. The van der Waals surface area contributed by atoms with Crippen LogP contribution in [0.1, 0.15) is 11.5 Å². The minimum absolute atomic E-state index is 0.169. The number of hydrogen-bond donors (Lipinski definition) is 2. The maximum atomic E-state index is 11.6. The fourth-order valence-electron chi connectivity index (χ4n) is 1.91. The fraction of sp³-hybridized carbons (Fsp3) is 0.250. The Morgan fingerprint density at radius 2 is 1.93 bits per heavy atom. The molecule has 3 nitrogen and oxygen atoms in total. The van der Waals surface area contributed by atoms with Crippen molar-refractivity contribution in [2.75, 3.05) is 6.61 Å². The number of carbonyl (C=O) groups excluding carboxylic acids is 1. The summed E-state index contributed by atoms with van der Waals surface area (Å²) in [6.07, 6.45) is 2.70. The number of rotatable bonds is 2. The Morgan fingerprint density at radius 1 is 1.27 bits per heavy atom. The Balaban J connectivity index is 2.41. The average Bonchev–Trinajstić information content (AvgIpc) is 2.57. The van der Waals surface area contributed by atoms with Gasteiger partial charge in [-0.2, -0.15) is 0 Å². The van der Waals surface area contributed by atoms with Crippen molar-refractivity contribution in [1.29, 1.82) is 0 Å². The normalized spacial score (nSPS) is 29.7. The van der Waals surface area contributed by atoms with Crippen molar-refractivity contribution in [2.45, 2.75) is 11.5 Å². The van der Waals surface area contributed by atoms with Crippen LogP contribution in [0.15, 0.2) is 42.5 Å². The molecule has 2 unspecified atom stereocenters. The number of aliphatic hydroxyl groups is 2. The molecule has 0 radical (unpaired) electrons. The van der Waals surface area contributed by atoms with Gasteiger partial charge >= 0.3 is 0 Å². The zero-order valence-electron chi connectivity index (χ0n) is 8.13. The van der Waals surface area contributed by atoms with Crippen molar-refractivity contribution in [3.8, 4) is 0 Å². The third-order valence-corrected chi connectivity index (χ3v) is 2.71. The molecule has 1 aliphatic carbocycles. The SMILES string of the molecule is O=C1C=CC(O)(CO)C1c1ccccc1. The van der Waals surface area contributed by atoms with E-state index >= 15 is 0 Å². The number of hydrogen-bond acceptors (Lipinski definition) is 3. The number of carbonyl (C=O) groups is 1. The fourth-order valence-corrected chi connectivity index (χ4v) is 1.91. The highest BCUT2D eigenvalue weighted by Gasteiger charge is 2.43. The maximum absolute atomic E-state index is 11.6. The van der Waals surface area contributed by atoms with E-state index < -0.39 is 18.1 Å². The third-order valence-electron chi connectivity index (χ3n) is 2.71. The van der Waals surface area contributed by atoms with Crippen LogP contribution in [0.4, 0.5) is 0 Å². The molecule has 0 heterocycles. The van der Waals surface area contributed by atoms with Crippen LogP contribution in [0.3, 0.4) is 0 Å². The minimum Gasteiger partial charge on any atom is -0.393 e. The molecular weight excluding hydrogens is 192 g/mol. The van der Waals surface area contributed by atoms with Gasteiger partial charge in [-0.1, -0.05) is 30.3 Å². The Hall–Kier alpha value is -1.45. The molecule has 2 rings (SSSR count). The quantitative estimate of drug-likeness (QED) is 0.743. The smallest absolute Gasteiger partial charge is 0.166 e. The van der Waals surface area contributed by atoms with Gasteiger partial charge in [0.05, 0.1) is 12.5 Å². The van der Waals surface area contributed by atoms with Gasteiger partial charge in [0.15, 0.2) is 5.78 Å². The highest BCUT2D eigenvalue weighted by Crippen LogP contribution is 2.35. The summed E-state index contributed by atoms with van der Waals surface area (Å²) in [6.45, 7) is -0.450. The summed E-state index contributed by atoms with van der Waals surface area (Å²) in [5.74, 6) is -0.846. The monoisotopic (exact) mass is 204 g/mol. The summed E-state index contributed by atoms with van der Waals surface area (Å²) >= 11 is 0. The topological polar surface area (TPSA) is 57.5 Å². The van der Waals surface area contributed by atoms with Crippen LogP contribution in [-0.2, 0) is 4.79 Å². The summed E-state index contributed by atoms with van der Waals surface area (Å²) < 4.78 is 0. The lowest BCUT2D eigenvalue weighted by atomic mass is 9.84. The first kappa shape index (κ1) is 10.1. The van der Waals surface area contributed by atoms with Crippen LogP contribution in [0.5, 0.6) is 0 Å². The van der Waals surface area contributed by atoms with Gasteiger partial charge in [0.1, 0.15) is 5.60 Å². The molecule has 78 valence electrons. The van der Waals surface area contributed by atoms with Gasteiger partial charge in [0.2, 0.25) is 0 Å². The molecule has 0 saturated heterocycles. The van der Waals surface area contributed by atoms with Gasteiger partial charge in [-0.15, -0.1) is 0 Å². The predicted molar refractivity (Wildman–Crippen MR) is 55.4 cm³/mol. The molecular formula is C12H12O3. The zero-order chi connectivity index (χ0) is 10.9. The summed E-state index contributed by atoms with van der Waals surface area (Å²) in [5, 5.41) is 19.1. The van der Waals surface area contributed by atoms with Gasteiger partial charge in [-0.3, -0.25) is 4.79 Å². The van der Waals surface area contributed by atoms with E-state index in [1.165, 1.54) is 12.2 Å². The second kappa shape index (κ2) is 3.61. The molecule has 0 saturated carbocycles. The first-order valence-electron chi connectivity index (χ1n) is 4.78. The lowest BCUT2D eigenvalue weighted by Gasteiger charge is -2.26. The maximum Gasteiger partial charge on any atom is 0.166 e. The molecule has 3 heteroatoms. The van der Waals surface area contributed by atoms with E-state index in [0.29, 0.717) is 0 Å². The first-order valence-corrected chi connectivity index (χ1v) is 4.78. The highest BCUT2D eigenvalue weighted by molar-refractivity contribution is 5.99. The molecule has 1 aromatic carbocycles. The molecule has 1 aliphatic rings. The molecule has 2 N–H and O–H groups in total. The van der Waals surface area contributed by atoms with Gasteiger partial charge in [-0.05, 0) is 17.7 Å². The standard InChI is InChI=1S/C12H12O3/c13-8-12(15)7-6-10(14)11(12)9-4-2-1-3-5-9/h1-7,11,13,15H,8H2. The summed E-state index contributed by atoms with van der Waals surface area (Å²) in [7, 11) is 0. The Labute approximate surface area is 87.7 Å². The molecule has 0 fully saturated rings. The molecule has 15 heavy (non-hydrogen) atoms. The van der Waals surface area contributed by atoms with Crippen LogP contribution in [0.2, 0.25) is 0 Å². The summed E-state index contributed by atoms with van der Waals surface area (Å²) in [6, 6.07) is 9.00. The minimum atomic E-state index is -1.45. The van der Waals surface area contributed by atoms with Crippen LogP contribution >= 0.6 is 0 Å². The largest absolute Gasteiger partial charge is 0.393 e. The van der Waals surface area contributed by atoms with Crippen molar-refractivity contribution in [3.63, 3.8) is 0 Å². The Kier molecular flexibility index (Phi) is 2.42. The van der Waals surface area contributed by atoms with E-state index in [1.54, 1.807) is 24.3 Å². The number of aliphatic hydroxyl groups excluding tert-OH is 1. The van der Waals surface area contributed by atoms with Crippen molar-refractivity contribution in [3.05, 3.63) is 48.0 Å². The molecule has 2 atom stereocenters. The highest BCUT2D eigenvalue weighted by atomic mass is 16.3. The summed E-state index contributed by atoms with van der Waals surface area (Å²) in [4.78, 5) is 11.6. The number of allylic oxidation sites excluding steroid dienone is 1. The second-order valence-electron chi connectivity index (χ2n) is 3.73. The van der Waals surface area contributed by atoms with Gasteiger partial charge < -0.3 is 10.2 Å². The van der Waals surface area contributed by atoms with Crippen LogP contribution in [0.25, 0.3) is 0 Å². The lowest BCUT2D eigenvalue weighted by molar-refractivity contribution is -0.119. The van der Waals surface area contributed by atoms with E-state index in [0.717, 1.165) is 5.56 Å². The molecule has 0 aliphatic heterocycles. The van der Waals surface area contributed by atoms with Crippen LogP contribution in [0, 0.1) is 0 Å². The number of ketones is 1. The Bertz CT molecular complexity index is 397. The zero-order valence-corrected chi connectivity index (χ0v) is 8.13. The van der Waals surface area contributed by atoms with E-state index in [2.05, 4.69) is 0 Å². The summed E-state index contributed by atoms with van der Waals surface area (Å²) in [5.41, 5.74) is -0.720. The molecule has 0 aromatic heterocycles. The van der Waals surface area contributed by atoms with Crippen molar-refractivity contribution in [2.24, 2.45) is 0 Å². The van der Waals surface area contributed by atoms with Gasteiger partial charge in [0, 0.05) is 0 Å². The second-order valence-corrected chi connectivity index (χ2v) is 3.73. The lowest BCUT2D eigenvalue weighted by Crippen LogP contribution is -2.37. The van der Waals surface area contributed by atoms with Crippen molar-refractivity contribution >= 4 is 5.78 Å². The van der Waals surface area contributed by atoms with E-state index in [4.69, 9.17) is 5.11 Å². The number of benzene rings is 1. The average molecular weight is 204 g/mol. The Morgan fingerprint density at radius 3 is 2.53 bits per heavy atom.